The maximum absolute atomic E-state index is 12.4. The second kappa shape index (κ2) is 8.46. The summed E-state index contributed by atoms with van der Waals surface area (Å²) in [5, 5.41) is 9.04. The molecule has 1 aliphatic rings. The number of aryl methyl sites for hydroxylation is 1. The Labute approximate surface area is 159 Å². The normalized spacial score (nSPS) is 20.0. The van der Waals surface area contributed by atoms with E-state index < -0.39 is 10.0 Å². The summed E-state index contributed by atoms with van der Waals surface area (Å²) >= 11 is 0. The number of nitrogens with zero attached hydrogens (tertiary/aromatic N) is 3. The highest BCUT2D eigenvalue weighted by molar-refractivity contribution is 7.88. The lowest BCUT2D eigenvalue weighted by Crippen LogP contribution is -2.40. The van der Waals surface area contributed by atoms with E-state index in [1.807, 2.05) is 37.3 Å². The molecule has 1 aliphatic carbocycles. The largest absolute Gasteiger partial charge is 0.472 e. The van der Waals surface area contributed by atoms with Crippen molar-refractivity contribution in [3.8, 4) is 11.9 Å². The summed E-state index contributed by atoms with van der Waals surface area (Å²) in [5.74, 6) is 0.220. The number of hydrogen-bond donors (Lipinski definition) is 1. The van der Waals surface area contributed by atoms with Crippen LogP contribution < -0.4 is 9.46 Å². The molecule has 1 saturated carbocycles. The second-order valence-corrected chi connectivity index (χ2v) is 8.53. The number of sulfonamides is 1. The molecule has 0 unspecified atom stereocenters. The Hall–Kier alpha value is -2.50. The molecule has 0 atom stereocenters. The standard InChI is InChI=1S/C19H22N4O3S/c1-14-2-4-15(5-3-14)13-27(24,25)23-16-6-8-17(9-7-16)26-19-18(12-20)21-10-11-22-19/h2-5,10-11,16-17,23H,6-9,13H2,1H3. The van der Waals surface area contributed by atoms with E-state index in [0.717, 1.165) is 11.1 Å². The van der Waals surface area contributed by atoms with Gasteiger partial charge in [-0.15, -0.1) is 0 Å². The molecule has 3 rings (SSSR count). The Bertz CT molecular complexity index is 915. The van der Waals surface area contributed by atoms with Gasteiger partial charge in [0.2, 0.25) is 15.7 Å². The van der Waals surface area contributed by atoms with E-state index in [2.05, 4.69) is 14.7 Å². The second-order valence-electron chi connectivity index (χ2n) is 6.78. The lowest BCUT2D eigenvalue weighted by molar-refractivity contribution is 0.137. The fourth-order valence-corrected chi connectivity index (χ4v) is 4.60. The molecule has 8 heteroatoms. The van der Waals surface area contributed by atoms with Crippen LogP contribution in [0.3, 0.4) is 0 Å². The van der Waals surface area contributed by atoms with Gasteiger partial charge in [-0.2, -0.15) is 5.26 Å². The van der Waals surface area contributed by atoms with Crippen LogP contribution in [0.1, 0.15) is 42.5 Å². The molecule has 0 radical (unpaired) electrons. The van der Waals surface area contributed by atoms with Crippen LogP contribution in [0.4, 0.5) is 0 Å². The highest BCUT2D eigenvalue weighted by Gasteiger charge is 2.26. The Morgan fingerprint density at radius 3 is 2.48 bits per heavy atom. The summed E-state index contributed by atoms with van der Waals surface area (Å²) < 4.78 is 33.4. The average molecular weight is 386 g/mol. The molecule has 27 heavy (non-hydrogen) atoms. The minimum atomic E-state index is -3.39. The molecule has 1 aromatic heterocycles. The number of nitriles is 1. The highest BCUT2D eigenvalue weighted by Crippen LogP contribution is 2.24. The van der Waals surface area contributed by atoms with Crippen LogP contribution >= 0.6 is 0 Å². The number of aromatic nitrogens is 2. The predicted molar refractivity (Wildman–Crippen MR) is 100 cm³/mol. The fourth-order valence-electron chi connectivity index (χ4n) is 3.14. The summed E-state index contributed by atoms with van der Waals surface area (Å²) in [6, 6.07) is 9.37. The van der Waals surface area contributed by atoms with Crippen molar-refractivity contribution in [3.63, 3.8) is 0 Å². The first-order chi connectivity index (χ1) is 12.9. The van der Waals surface area contributed by atoms with Gasteiger partial charge in [0, 0.05) is 18.4 Å². The van der Waals surface area contributed by atoms with Gasteiger partial charge in [0.05, 0.1) is 5.75 Å². The zero-order chi connectivity index (χ0) is 19.3. The molecular weight excluding hydrogens is 364 g/mol. The van der Waals surface area contributed by atoms with Crippen molar-refractivity contribution in [2.75, 3.05) is 0 Å². The molecular formula is C19H22N4O3S. The summed E-state index contributed by atoms with van der Waals surface area (Å²) in [6.07, 6.45) is 5.59. The molecule has 1 fully saturated rings. The summed E-state index contributed by atoms with van der Waals surface area (Å²) in [5.41, 5.74) is 2.04. The van der Waals surface area contributed by atoms with Crippen molar-refractivity contribution in [2.45, 2.75) is 50.5 Å². The van der Waals surface area contributed by atoms with E-state index in [-0.39, 0.29) is 29.5 Å². The third kappa shape index (κ3) is 5.49. The molecule has 2 aromatic rings. The van der Waals surface area contributed by atoms with Crippen LogP contribution in [0.25, 0.3) is 0 Å². The predicted octanol–water partition coefficient (Wildman–Crippen LogP) is 2.47. The van der Waals surface area contributed by atoms with E-state index in [1.54, 1.807) is 0 Å². The Kier molecular flexibility index (Phi) is 6.04. The van der Waals surface area contributed by atoms with Crippen LogP contribution in [0.15, 0.2) is 36.7 Å². The summed E-state index contributed by atoms with van der Waals surface area (Å²) in [6.45, 7) is 1.97. The van der Waals surface area contributed by atoms with Gasteiger partial charge in [-0.05, 0) is 38.2 Å². The van der Waals surface area contributed by atoms with Gasteiger partial charge in [-0.25, -0.2) is 23.1 Å². The first kappa shape index (κ1) is 19.3. The van der Waals surface area contributed by atoms with Gasteiger partial charge in [0.25, 0.3) is 5.88 Å². The molecule has 1 N–H and O–H groups in total. The highest BCUT2D eigenvalue weighted by atomic mass is 32.2. The first-order valence-corrected chi connectivity index (χ1v) is 10.5. The molecule has 7 nitrogen and oxygen atoms in total. The molecule has 1 aromatic carbocycles. The fraction of sp³-hybridized carbons (Fsp3) is 0.421. The zero-order valence-corrected chi connectivity index (χ0v) is 15.9. The lowest BCUT2D eigenvalue weighted by atomic mass is 9.94. The monoisotopic (exact) mass is 386 g/mol. The van der Waals surface area contributed by atoms with E-state index in [9.17, 15) is 8.42 Å². The summed E-state index contributed by atoms with van der Waals surface area (Å²) in [7, 11) is -3.39. The van der Waals surface area contributed by atoms with Crippen molar-refractivity contribution in [2.24, 2.45) is 0 Å². The van der Waals surface area contributed by atoms with E-state index in [4.69, 9.17) is 10.00 Å². The average Bonchev–Trinajstić information content (AvgIpc) is 2.65. The van der Waals surface area contributed by atoms with Gasteiger partial charge in [-0.3, -0.25) is 0 Å². The van der Waals surface area contributed by atoms with Crippen LogP contribution in [0.2, 0.25) is 0 Å². The lowest BCUT2D eigenvalue weighted by Gasteiger charge is -2.29. The third-order valence-corrected chi connectivity index (χ3v) is 5.95. The molecule has 1 heterocycles. The van der Waals surface area contributed by atoms with E-state index >= 15 is 0 Å². The zero-order valence-electron chi connectivity index (χ0n) is 15.1. The van der Waals surface area contributed by atoms with Gasteiger partial charge in [-0.1, -0.05) is 29.8 Å². The van der Waals surface area contributed by atoms with Crippen molar-refractivity contribution in [1.82, 2.24) is 14.7 Å². The number of hydrogen-bond acceptors (Lipinski definition) is 6. The molecule has 0 spiro atoms. The van der Waals surface area contributed by atoms with Gasteiger partial charge in [0.15, 0.2) is 0 Å². The number of benzene rings is 1. The Balaban J connectivity index is 1.51. The number of nitrogens with one attached hydrogen (secondary N) is 1. The van der Waals surface area contributed by atoms with Crippen molar-refractivity contribution in [1.29, 1.82) is 5.26 Å². The molecule has 0 bridgehead atoms. The minimum Gasteiger partial charge on any atom is -0.472 e. The maximum Gasteiger partial charge on any atom is 0.251 e. The smallest absolute Gasteiger partial charge is 0.251 e. The minimum absolute atomic E-state index is 0.0190. The van der Waals surface area contributed by atoms with Crippen molar-refractivity contribution >= 4 is 10.0 Å². The van der Waals surface area contributed by atoms with Gasteiger partial charge < -0.3 is 4.74 Å². The molecule has 0 aliphatic heterocycles. The van der Waals surface area contributed by atoms with Gasteiger partial charge in [0.1, 0.15) is 12.2 Å². The molecule has 0 saturated heterocycles. The van der Waals surface area contributed by atoms with E-state index in [0.29, 0.717) is 25.7 Å². The molecule has 142 valence electrons. The quantitative estimate of drug-likeness (QED) is 0.818. The maximum atomic E-state index is 12.4. The molecule has 0 amide bonds. The van der Waals surface area contributed by atoms with E-state index in [1.165, 1.54) is 12.4 Å². The first-order valence-electron chi connectivity index (χ1n) is 8.88. The van der Waals surface area contributed by atoms with Crippen LogP contribution in [0.5, 0.6) is 5.88 Å². The van der Waals surface area contributed by atoms with Crippen molar-refractivity contribution in [3.05, 3.63) is 53.5 Å². The van der Waals surface area contributed by atoms with Crippen LogP contribution in [0, 0.1) is 18.3 Å². The third-order valence-electron chi connectivity index (χ3n) is 4.55. The topological polar surface area (TPSA) is 105 Å². The van der Waals surface area contributed by atoms with Crippen molar-refractivity contribution < 1.29 is 13.2 Å². The Morgan fingerprint density at radius 1 is 1.15 bits per heavy atom. The van der Waals surface area contributed by atoms with Crippen LogP contribution in [-0.4, -0.2) is 30.5 Å². The number of ether oxygens (including phenoxy) is 1. The summed E-state index contributed by atoms with van der Waals surface area (Å²) in [4.78, 5) is 7.99. The SMILES string of the molecule is Cc1ccc(CS(=O)(=O)NC2CCC(Oc3nccnc3C#N)CC2)cc1. The Morgan fingerprint density at radius 2 is 1.81 bits per heavy atom. The van der Waals surface area contributed by atoms with Gasteiger partial charge >= 0.3 is 0 Å². The van der Waals surface area contributed by atoms with Crippen LogP contribution in [-0.2, 0) is 15.8 Å². The number of rotatable bonds is 6.